The third kappa shape index (κ3) is 66.7. The Kier molecular flexibility index (Phi) is 62.7. The van der Waals surface area contributed by atoms with E-state index in [2.05, 4.69) is 135 Å². The SMILES string of the molecule is CC/C=C\C/C=C\C/C=C\C/C=C\C/C=C\CCCCCCCCCC(=O)OC(/C=C\CCCCCCCCCCC)C(COP(=O)([O-])OCC[N+](C)(C)C)NC(=O)CCCCCCCCCCCCC/C=C\C/C=C\C/C=C\C/C=C\CCCCC. The maximum absolute atomic E-state index is 13.6. The zero-order valence-corrected chi connectivity index (χ0v) is 58.1. The zero-order valence-electron chi connectivity index (χ0n) is 57.2. The predicted octanol–water partition coefficient (Wildman–Crippen LogP) is 22.4. The first-order valence-corrected chi connectivity index (χ1v) is 37.3. The number of phosphoric acid groups is 1. The lowest BCUT2D eigenvalue weighted by molar-refractivity contribution is -0.870. The summed E-state index contributed by atoms with van der Waals surface area (Å²) in [4.78, 5) is 40.2. The van der Waals surface area contributed by atoms with Gasteiger partial charge in [0.15, 0.2) is 0 Å². The summed E-state index contributed by atoms with van der Waals surface area (Å²) in [6, 6.07) is -0.904. The van der Waals surface area contributed by atoms with E-state index >= 15 is 0 Å². The number of allylic oxidation sites excluding steroid dienone is 19. The largest absolute Gasteiger partial charge is 0.756 e. The number of carbonyl (C=O) groups excluding carboxylic acids is 2. The zero-order chi connectivity index (χ0) is 63.5. The van der Waals surface area contributed by atoms with Crippen molar-refractivity contribution in [2.75, 3.05) is 40.9 Å². The van der Waals surface area contributed by atoms with Crippen LogP contribution in [0.2, 0.25) is 0 Å². The van der Waals surface area contributed by atoms with E-state index in [1.165, 1.54) is 141 Å². The molecule has 3 unspecified atom stereocenters. The molecule has 0 aliphatic rings. The molecule has 0 heterocycles. The number of hydrogen-bond acceptors (Lipinski definition) is 7. The summed E-state index contributed by atoms with van der Waals surface area (Å²) >= 11 is 0. The van der Waals surface area contributed by atoms with Crippen LogP contribution in [0.15, 0.2) is 122 Å². The van der Waals surface area contributed by atoms with E-state index in [4.69, 9.17) is 13.8 Å². The first-order chi connectivity index (χ1) is 42.4. The van der Waals surface area contributed by atoms with Gasteiger partial charge in [-0.15, -0.1) is 0 Å². The van der Waals surface area contributed by atoms with Gasteiger partial charge in [0, 0.05) is 12.8 Å². The van der Waals surface area contributed by atoms with Crippen LogP contribution >= 0.6 is 7.82 Å². The number of quaternary nitrogens is 1. The Bertz CT molecular complexity index is 1900. The molecular formula is C77H135N2O7P. The van der Waals surface area contributed by atoms with Crippen LogP contribution in [0.3, 0.4) is 0 Å². The second kappa shape index (κ2) is 65.4. The van der Waals surface area contributed by atoms with Gasteiger partial charge in [-0.2, -0.15) is 0 Å². The number of unbranched alkanes of at least 4 members (excludes halogenated alkanes) is 30. The third-order valence-electron chi connectivity index (χ3n) is 15.4. The topological polar surface area (TPSA) is 114 Å². The van der Waals surface area contributed by atoms with Crippen molar-refractivity contribution in [1.82, 2.24) is 5.32 Å². The minimum Gasteiger partial charge on any atom is -0.756 e. The number of esters is 1. The van der Waals surface area contributed by atoms with Gasteiger partial charge < -0.3 is 28.5 Å². The molecule has 0 aliphatic carbocycles. The fourth-order valence-electron chi connectivity index (χ4n) is 9.89. The standard InChI is InChI=1S/C77H135N2O7P/c1-7-10-13-16-19-22-25-27-29-31-33-35-37-38-39-40-42-43-45-47-49-51-54-57-60-63-66-69-76(80)78-74(73-85-87(82,83)84-72-71-79(4,5)6)75(68-65-62-59-56-53-24-21-18-15-12-9-3)86-77(81)70-67-64-61-58-55-52-50-48-46-44-41-36-34-32-30-28-26-23-20-17-14-11-8-2/h11,14,19-20,22-23,27-30,33-36,38-39,44,46,65,68,74-75H,7-10,12-13,15-18,21,24-26,31-32,37,40-43,45,47-64,66-67,69-73H2,1-6H3,(H-,78,80,82,83)/b14-11-,22-19-,23-20-,29-27-,30-28-,35-33-,36-34-,39-38-,46-44-,68-65-. The first-order valence-electron chi connectivity index (χ1n) is 35.8. The molecule has 10 heteroatoms. The van der Waals surface area contributed by atoms with E-state index in [1.54, 1.807) is 0 Å². The van der Waals surface area contributed by atoms with E-state index in [9.17, 15) is 19.0 Å². The molecule has 9 nitrogen and oxygen atoms in total. The summed E-state index contributed by atoms with van der Waals surface area (Å²) in [7, 11) is 1.16. The van der Waals surface area contributed by atoms with Crippen molar-refractivity contribution in [2.24, 2.45) is 0 Å². The highest BCUT2D eigenvalue weighted by Crippen LogP contribution is 2.38. The smallest absolute Gasteiger partial charge is 0.306 e. The number of carbonyl (C=O) groups is 2. The van der Waals surface area contributed by atoms with Crippen LogP contribution in [0, 0.1) is 0 Å². The van der Waals surface area contributed by atoms with Gasteiger partial charge >= 0.3 is 5.97 Å². The van der Waals surface area contributed by atoms with Crippen molar-refractivity contribution in [2.45, 2.75) is 315 Å². The predicted molar refractivity (Wildman–Crippen MR) is 376 cm³/mol. The van der Waals surface area contributed by atoms with Gasteiger partial charge in [-0.1, -0.05) is 290 Å². The van der Waals surface area contributed by atoms with Crippen molar-refractivity contribution in [3.63, 3.8) is 0 Å². The Hall–Kier alpha value is -3.59. The quantitative estimate of drug-likeness (QED) is 0.0212. The Labute approximate surface area is 537 Å². The molecule has 3 atom stereocenters. The van der Waals surface area contributed by atoms with Gasteiger partial charge in [-0.3, -0.25) is 14.2 Å². The minimum atomic E-state index is -4.72. The Balaban J connectivity index is 5.05. The van der Waals surface area contributed by atoms with Crippen LogP contribution in [-0.2, 0) is 27.9 Å². The molecule has 0 saturated carbocycles. The van der Waals surface area contributed by atoms with Crippen LogP contribution in [0.5, 0.6) is 0 Å². The molecule has 0 aromatic carbocycles. The highest BCUT2D eigenvalue weighted by Gasteiger charge is 2.27. The summed E-state index contributed by atoms with van der Waals surface area (Å²) in [5.74, 6) is -0.559. The summed E-state index contributed by atoms with van der Waals surface area (Å²) in [6.45, 7) is 6.70. The van der Waals surface area contributed by atoms with Gasteiger partial charge in [-0.25, -0.2) is 0 Å². The minimum absolute atomic E-state index is 0.0305. The highest BCUT2D eigenvalue weighted by molar-refractivity contribution is 7.45. The molecule has 0 rings (SSSR count). The monoisotopic (exact) mass is 1230 g/mol. The fourth-order valence-corrected chi connectivity index (χ4v) is 10.6. The lowest BCUT2D eigenvalue weighted by Gasteiger charge is -2.30. The molecule has 87 heavy (non-hydrogen) atoms. The van der Waals surface area contributed by atoms with Gasteiger partial charge in [0.2, 0.25) is 5.91 Å². The molecule has 1 N–H and O–H groups in total. The molecule has 0 bridgehead atoms. The number of likely N-dealkylation sites (N-methyl/N-ethyl adjacent to an activating group) is 1. The molecule has 0 aromatic rings. The average Bonchev–Trinajstić information content (AvgIpc) is 3.70. The molecule has 0 radical (unpaired) electrons. The highest BCUT2D eigenvalue weighted by atomic mass is 31.2. The normalized spacial score (nSPS) is 14.2. The van der Waals surface area contributed by atoms with Gasteiger partial charge in [0.1, 0.15) is 19.3 Å². The van der Waals surface area contributed by atoms with Crippen molar-refractivity contribution < 1.29 is 37.3 Å². The number of nitrogens with one attached hydrogen (secondary N) is 1. The fraction of sp³-hybridized carbons (Fsp3) is 0.714. The van der Waals surface area contributed by atoms with E-state index < -0.39 is 26.6 Å². The third-order valence-corrected chi connectivity index (χ3v) is 16.3. The molecule has 0 aliphatic heterocycles. The summed E-state index contributed by atoms with van der Waals surface area (Å²) in [5.41, 5.74) is 0. The van der Waals surface area contributed by atoms with E-state index in [0.717, 1.165) is 122 Å². The molecule has 0 fully saturated rings. The van der Waals surface area contributed by atoms with Crippen LogP contribution in [0.25, 0.3) is 0 Å². The molecule has 500 valence electrons. The lowest BCUT2D eigenvalue weighted by Crippen LogP contribution is -2.47. The first kappa shape index (κ1) is 83.4. The Morgan fingerprint density at radius 3 is 1.13 bits per heavy atom. The van der Waals surface area contributed by atoms with Crippen molar-refractivity contribution in [1.29, 1.82) is 0 Å². The lowest BCUT2D eigenvalue weighted by atomic mass is 10.0. The van der Waals surface area contributed by atoms with Crippen LogP contribution in [0.1, 0.15) is 303 Å². The maximum atomic E-state index is 13.6. The molecular weight excluding hydrogens is 1100 g/mol. The molecule has 1 amide bonds. The second-order valence-electron chi connectivity index (χ2n) is 25.0. The van der Waals surface area contributed by atoms with Crippen LogP contribution in [0.4, 0.5) is 0 Å². The van der Waals surface area contributed by atoms with Gasteiger partial charge in [0.25, 0.3) is 7.82 Å². The summed E-state index contributed by atoms with van der Waals surface area (Å²) in [6.07, 6.45) is 91.8. The average molecular weight is 1230 g/mol. The number of amides is 1. The van der Waals surface area contributed by atoms with Gasteiger partial charge in [0.05, 0.1) is 33.8 Å². The Morgan fingerprint density at radius 1 is 0.414 bits per heavy atom. The number of hydrogen-bond donors (Lipinski definition) is 1. The van der Waals surface area contributed by atoms with Crippen molar-refractivity contribution in [3.05, 3.63) is 122 Å². The van der Waals surface area contributed by atoms with Crippen molar-refractivity contribution >= 4 is 19.7 Å². The number of ether oxygens (including phenoxy) is 1. The summed E-state index contributed by atoms with van der Waals surface area (Å²) < 4.78 is 30.4. The number of nitrogens with zero attached hydrogens (tertiary/aromatic N) is 1. The number of phosphoric ester groups is 1. The second-order valence-corrected chi connectivity index (χ2v) is 26.4. The Morgan fingerprint density at radius 2 is 0.736 bits per heavy atom. The molecule has 0 saturated heterocycles. The van der Waals surface area contributed by atoms with Crippen LogP contribution in [-0.4, -0.2) is 69.4 Å². The maximum Gasteiger partial charge on any atom is 0.306 e. The van der Waals surface area contributed by atoms with E-state index in [1.807, 2.05) is 33.3 Å². The van der Waals surface area contributed by atoms with E-state index in [-0.39, 0.29) is 24.9 Å². The summed E-state index contributed by atoms with van der Waals surface area (Å²) in [5, 5.41) is 3.04. The van der Waals surface area contributed by atoms with Crippen molar-refractivity contribution in [3.8, 4) is 0 Å². The molecule has 0 aromatic heterocycles. The van der Waals surface area contributed by atoms with Crippen LogP contribution < -0.4 is 10.2 Å². The van der Waals surface area contributed by atoms with E-state index in [0.29, 0.717) is 23.9 Å². The van der Waals surface area contributed by atoms with Gasteiger partial charge in [-0.05, 0) is 122 Å². The number of rotatable bonds is 64. The molecule has 0 spiro atoms.